The highest BCUT2D eigenvalue weighted by Crippen LogP contribution is 2.26. The number of anilines is 1. The molecule has 0 spiro atoms. The van der Waals surface area contributed by atoms with Crippen LogP contribution in [0.4, 0.5) is 5.13 Å². The number of nitrogens with zero attached hydrogens (tertiary/aromatic N) is 1. The van der Waals surface area contributed by atoms with Gasteiger partial charge in [0.25, 0.3) is 5.91 Å². The first kappa shape index (κ1) is 13.5. The largest absolute Gasteiger partial charge is 0.488 e. The molecule has 0 saturated carbocycles. The van der Waals surface area contributed by atoms with Crippen LogP contribution in [0.2, 0.25) is 0 Å². The summed E-state index contributed by atoms with van der Waals surface area (Å²) in [4.78, 5) is 27.4. The number of Topliss-reactive ketones (excluding diaryl/α,β-unsaturated/α-hetero) is 1. The number of para-hydroxylation sites is 1. The molecule has 2 heterocycles. The molecular formula is C15H12N2O3S. The number of rotatable bonds is 3. The summed E-state index contributed by atoms with van der Waals surface area (Å²) in [6.07, 6.45) is 1.80. The van der Waals surface area contributed by atoms with Crippen molar-refractivity contribution in [2.45, 2.75) is 6.92 Å². The van der Waals surface area contributed by atoms with E-state index < -0.39 is 0 Å². The van der Waals surface area contributed by atoms with Gasteiger partial charge in [-0.2, -0.15) is 0 Å². The number of benzene rings is 1. The van der Waals surface area contributed by atoms with Crippen molar-refractivity contribution in [2.75, 3.05) is 11.9 Å². The number of fused-ring (bicyclic) bond motifs is 1. The van der Waals surface area contributed by atoms with Gasteiger partial charge < -0.3 is 4.74 Å². The highest BCUT2D eigenvalue weighted by Gasteiger charge is 2.18. The molecule has 0 radical (unpaired) electrons. The maximum Gasteiger partial charge on any atom is 0.256 e. The molecule has 0 atom stereocenters. The zero-order valence-corrected chi connectivity index (χ0v) is 12.1. The van der Waals surface area contributed by atoms with Gasteiger partial charge in [-0.25, -0.2) is 4.98 Å². The molecule has 2 aromatic rings. The topological polar surface area (TPSA) is 68.3 Å². The van der Waals surface area contributed by atoms with Crippen LogP contribution >= 0.6 is 11.3 Å². The third-order valence-electron chi connectivity index (χ3n) is 3.01. The number of carbonyl (C=O) groups excluding carboxylic acids is 2. The van der Waals surface area contributed by atoms with Gasteiger partial charge in [-0.1, -0.05) is 18.2 Å². The summed E-state index contributed by atoms with van der Waals surface area (Å²) in [5, 5.41) is 4.72. The van der Waals surface area contributed by atoms with E-state index in [0.717, 1.165) is 11.3 Å². The summed E-state index contributed by atoms with van der Waals surface area (Å²) < 4.78 is 5.54. The molecule has 6 heteroatoms. The first-order valence-corrected chi connectivity index (χ1v) is 7.21. The van der Waals surface area contributed by atoms with Crippen molar-refractivity contribution in [3.8, 4) is 5.75 Å². The van der Waals surface area contributed by atoms with Crippen LogP contribution in [0.5, 0.6) is 5.75 Å². The van der Waals surface area contributed by atoms with E-state index in [1.807, 2.05) is 24.3 Å². The number of nitrogens with one attached hydrogen (secondary N) is 1. The number of aromatic nitrogens is 1. The molecule has 5 nitrogen and oxygen atoms in total. The fraction of sp³-hybridized carbons (Fsp3) is 0.133. The molecule has 0 aliphatic carbocycles. The van der Waals surface area contributed by atoms with Crippen LogP contribution in [0.1, 0.15) is 23.0 Å². The van der Waals surface area contributed by atoms with Gasteiger partial charge in [-0.3, -0.25) is 14.9 Å². The van der Waals surface area contributed by atoms with Crippen LogP contribution in [0.25, 0.3) is 6.08 Å². The van der Waals surface area contributed by atoms with Gasteiger partial charge >= 0.3 is 0 Å². The fourth-order valence-electron chi connectivity index (χ4n) is 1.92. The van der Waals surface area contributed by atoms with E-state index in [2.05, 4.69) is 10.3 Å². The molecule has 106 valence electrons. The Bertz CT molecular complexity index is 749. The Hall–Kier alpha value is -2.47. The number of amides is 1. The van der Waals surface area contributed by atoms with E-state index >= 15 is 0 Å². The lowest BCUT2D eigenvalue weighted by atomic mass is 10.1. The predicted molar refractivity (Wildman–Crippen MR) is 80.7 cm³/mol. The SMILES string of the molecule is CC(=O)c1csc(NC(=O)C2=Cc3ccccc3OC2)n1. The first-order valence-electron chi connectivity index (χ1n) is 6.34. The Balaban J connectivity index is 1.77. The molecule has 0 fully saturated rings. The third-order valence-corrected chi connectivity index (χ3v) is 3.77. The minimum Gasteiger partial charge on any atom is -0.488 e. The van der Waals surface area contributed by atoms with Crippen LogP contribution < -0.4 is 10.1 Å². The molecule has 3 rings (SSSR count). The van der Waals surface area contributed by atoms with Gasteiger partial charge in [0.15, 0.2) is 10.9 Å². The van der Waals surface area contributed by atoms with E-state index in [1.54, 1.807) is 11.5 Å². The van der Waals surface area contributed by atoms with E-state index in [-0.39, 0.29) is 18.3 Å². The average Bonchev–Trinajstić information content (AvgIpc) is 2.95. The highest BCUT2D eigenvalue weighted by atomic mass is 32.1. The number of hydrogen-bond donors (Lipinski definition) is 1. The highest BCUT2D eigenvalue weighted by molar-refractivity contribution is 7.14. The molecule has 1 aliphatic rings. The molecule has 1 amide bonds. The number of ether oxygens (including phenoxy) is 1. The average molecular weight is 300 g/mol. The molecule has 1 N–H and O–H groups in total. The van der Waals surface area contributed by atoms with Gasteiger partial charge in [-0.15, -0.1) is 11.3 Å². The van der Waals surface area contributed by atoms with Crippen LogP contribution in [0.15, 0.2) is 35.2 Å². The van der Waals surface area contributed by atoms with Crippen LogP contribution in [0.3, 0.4) is 0 Å². The van der Waals surface area contributed by atoms with Crippen molar-refractivity contribution in [2.24, 2.45) is 0 Å². The normalized spacial score (nSPS) is 12.9. The van der Waals surface area contributed by atoms with Crippen LogP contribution in [-0.4, -0.2) is 23.3 Å². The molecule has 1 aromatic heterocycles. The van der Waals surface area contributed by atoms with Gasteiger partial charge in [0.2, 0.25) is 0 Å². The van der Waals surface area contributed by atoms with Crippen LogP contribution in [0, 0.1) is 0 Å². The zero-order valence-electron chi connectivity index (χ0n) is 11.3. The summed E-state index contributed by atoms with van der Waals surface area (Å²) in [5.74, 6) is 0.372. The number of hydrogen-bond acceptors (Lipinski definition) is 5. The predicted octanol–water partition coefficient (Wildman–Crippen LogP) is 2.76. The van der Waals surface area contributed by atoms with E-state index in [0.29, 0.717) is 16.4 Å². The number of ketones is 1. The second-order valence-electron chi connectivity index (χ2n) is 4.54. The second-order valence-corrected chi connectivity index (χ2v) is 5.40. The van der Waals surface area contributed by atoms with Gasteiger partial charge in [0.05, 0.1) is 5.57 Å². The van der Waals surface area contributed by atoms with E-state index in [9.17, 15) is 9.59 Å². The summed E-state index contributed by atoms with van der Waals surface area (Å²) in [6.45, 7) is 1.66. The third kappa shape index (κ3) is 2.85. The van der Waals surface area contributed by atoms with Gasteiger partial charge in [-0.05, 0) is 12.1 Å². The zero-order chi connectivity index (χ0) is 14.8. The molecule has 1 aliphatic heterocycles. The summed E-state index contributed by atoms with van der Waals surface area (Å²) >= 11 is 1.22. The van der Waals surface area contributed by atoms with Crippen molar-refractivity contribution < 1.29 is 14.3 Å². The van der Waals surface area contributed by atoms with Crippen molar-refractivity contribution in [3.63, 3.8) is 0 Å². The molecule has 0 saturated heterocycles. The quantitative estimate of drug-likeness (QED) is 0.885. The molecule has 21 heavy (non-hydrogen) atoms. The Morgan fingerprint density at radius 3 is 2.90 bits per heavy atom. The minimum absolute atomic E-state index is 0.124. The fourth-order valence-corrected chi connectivity index (χ4v) is 2.66. The Morgan fingerprint density at radius 1 is 1.33 bits per heavy atom. The second kappa shape index (κ2) is 5.49. The summed E-state index contributed by atoms with van der Waals surface area (Å²) in [7, 11) is 0. The van der Waals surface area contributed by atoms with Crippen molar-refractivity contribution >= 4 is 34.2 Å². The van der Waals surface area contributed by atoms with Crippen molar-refractivity contribution in [1.82, 2.24) is 4.98 Å². The Kier molecular flexibility index (Phi) is 3.53. The molecular weight excluding hydrogens is 288 g/mol. The lowest BCUT2D eigenvalue weighted by molar-refractivity contribution is -0.113. The van der Waals surface area contributed by atoms with Crippen molar-refractivity contribution in [3.05, 3.63) is 46.5 Å². The summed E-state index contributed by atoms with van der Waals surface area (Å²) in [6, 6.07) is 7.52. The maximum absolute atomic E-state index is 12.2. The lowest BCUT2D eigenvalue weighted by Gasteiger charge is -2.16. The number of thiazole rings is 1. The Labute approximate surface area is 125 Å². The monoisotopic (exact) mass is 300 g/mol. The lowest BCUT2D eigenvalue weighted by Crippen LogP contribution is -2.21. The standard InChI is InChI=1S/C15H12N2O3S/c1-9(18)12-8-21-15(16-12)17-14(19)11-6-10-4-2-3-5-13(10)20-7-11/h2-6,8H,7H2,1H3,(H,16,17,19). The minimum atomic E-state index is -0.269. The van der Waals surface area contributed by atoms with E-state index in [1.165, 1.54) is 18.3 Å². The van der Waals surface area contributed by atoms with Crippen molar-refractivity contribution in [1.29, 1.82) is 0 Å². The number of carbonyl (C=O) groups is 2. The van der Waals surface area contributed by atoms with Gasteiger partial charge in [0, 0.05) is 17.9 Å². The molecule has 0 unspecified atom stereocenters. The summed E-state index contributed by atoms with van der Waals surface area (Å²) in [5.41, 5.74) is 1.75. The Morgan fingerprint density at radius 2 is 2.14 bits per heavy atom. The first-order chi connectivity index (χ1) is 10.1. The maximum atomic E-state index is 12.2. The van der Waals surface area contributed by atoms with Crippen LogP contribution in [-0.2, 0) is 4.79 Å². The molecule has 1 aromatic carbocycles. The van der Waals surface area contributed by atoms with Gasteiger partial charge in [0.1, 0.15) is 18.1 Å². The molecule has 0 bridgehead atoms. The van der Waals surface area contributed by atoms with E-state index in [4.69, 9.17) is 4.74 Å². The smallest absolute Gasteiger partial charge is 0.256 e.